The van der Waals surface area contributed by atoms with Crippen molar-refractivity contribution in [2.24, 2.45) is 0 Å². The number of unbranched alkanes of at least 4 members (excludes halogenated alkanes) is 1. The lowest BCUT2D eigenvalue weighted by molar-refractivity contribution is 0.793. The van der Waals surface area contributed by atoms with Crippen molar-refractivity contribution in [3.05, 3.63) is 41.0 Å². The van der Waals surface area contributed by atoms with Crippen molar-refractivity contribution in [3.63, 3.8) is 0 Å². The third-order valence-electron chi connectivity index (χ3n) is 2.58. The zero-order valence-electron chi connectivity index (χ0n) is 8.83. The first-order valence-electron chi connectivity index (χ1n) is 5.35. The van der Waals surface area contributed by atoms with E-state index in [0.29, 0.717) is 0 Å². The number of pyridine rings is 1. The van der Waals surface area contributed by atoms with Crippen molar-refractivity contribution < 1.29 is 0 Å². The Kier molecular flexibility index (Phi) is 3.22. The van der Waals surface area contributed by atoms with Crippen LogP contribution in [0.4, 0.5) is 0 Å². The predicted molar refractivity (Wildman–Crippen MR) is 65.4 cm³/mol. The zero-order valence-corrected chi connectivity index (χ0v) is 9.59. The van der Waals surface area contributed by atoms with E-state index in [0.717, 1.165) is 27.9 Å². The Balaban J connectivity index is 2.45. The number of rotatable bonds is 3. The average Bonchev–Trinajstić information content (AvgIpc) is 2.29. The second kappa shape index (κ2) is 4.63. The Morgan fingerprint density at radius 2 is 2.07 bits per heavy atom. The fourth-order valence-corrected chi connectivity index (χ4v) is 1.99. The molecule has 0 saturated heterocycles. The summed E-state index contributed by atoms with van der Waals surface area (Å²) in [5.74, 6) is 0. The van der Waals surface area contributed by atoms with Gasteiger partial charge in [-0.2, -0.15) is 0 Å². The van der Waals surface area contributed by atoms with Crippen LogP contribution >= 0.6 is 11.6 Å². The average molecular weight is 220 g/mol. The van der Waals surface area contributed by atoms with Gasteiger partial charge in [-0.05, 0) is 24.5 Å². The van der Waals surface area contributed by atoms with Crippen molar-refractivity contribution in [2.45, 2.75) is 26.2 Å². The number of aryl methyl sites for hydroxylation is 1. The summed E-state index contributed by atoms with van der Waals surface area (Å²) in [4.78, 5) is 4.41. The van der Waals surface area contributed by atoms with E-state index in [9.17, 15) is 0 Å². The van der Waals surface area contributed by atoms with Crippen molar-refractivity contribution >= 4 is 22.5 Å². The second-order valence-electron chi connectivity index (χ2n) is 3.72. The molecule has 1 aromatic heterocycles. The maximum atomic E-state index is 6.34. The van der Waals surface area contributed by atoms with E-state index in [2.05, 4.69) is 11.9 Å². The molecule has 1 heterocycles. The molecule has 0 saturated carbocycles. The Bertz CT molecular complexity index is 465. The van der Waals surface area contributed by atoms with Crippen LogP contribution in [0, 0.1) is 0 Å². The van der Waals surface area contributed by atoms with Gasteiger partial charge in [-0.1, -0.05) is 43.1 Å². The van der Waals surface area contributed by atoms with E-state index in [1.807, 2.05) is 30.5 Å². The Hall–Kier alpha value is -1.08. The van der Waals surface area contributed by atoms with Crippen molar-refractivity contribution in [1.29, 1.82) is 0 Å². The van der Waals surface area contributed by atoms with Gasteiger partial charge in [0.15, 0.2) is 0 Å². The first-order valence-corrected chi connectivity index (χ1v) is 5.73. The Labute approximate surface area is 95.1 Å². The number of aromatic nitrogens is 1. The molecule has 0 N–H and O–H groups in total. The van der Waals surface area contributed by atoms with Crippen LogP contribution in [0.1, 0.15) is 25.3 Å². The minimum Gasteiger partial charge on any atom is -0.256 e. The molecule has 0 radical (unpaired) electrons. The number of hydrogen-bond donors (Lipinski definition) is 0. The van der Waals surface area contributed by atoms with Gasteiger partial charge in [0.1, 0.15) is 0 Å². The normalized spacial score (nSPS) is 10.8. The van der Waals surface area contributed by atoms with Crippen molar-refractivity contribution in [3.8, 4) is 0 Å². The third-order valence-corrected chi connectivity index (χ3v) is 3.03. The van der Waals surface area contributed by atoms with Gasteiger partial charge in [0, 0.05) is 11.6 Å². The zero-order chi connectivity index (χ0) is 10.7. The molecule has 0 aliphatic carbocycles. The standard InChI is InChI=1S/C13H14ClN/c1-2-3-6-10-9-15-12-8-5-4-7-11(12)13(10)14/h4-5,7-9H,2-3,6H2,1H3. The summed E-state index contributed by atoms with van der Waals surface area (Å²) in [6, 6.07) is 8.00. The largest absolute Gasteiger partial charge is 0.256 e. The molecule has 0 atom stereocenters. The summed E-state index contributed by atoms with van der Waals surface area (Å²) in [6.07, 6.45) is 5.27. The Morgan fingerprint density at radius 1 is 1.27 bits per heavy atom. The summed E-state index contributed by atoms with van der Waals surface area (Å²) in [6.45, 7) is 2.18. The van der Waals surface area contributed by atoms with Gasteiger partial charge in [-0.15, -0.1) is 0 Å². The molecule has 0 fully saturated rings. The van der Waals surface area contributed by atoms with Gasteiger partial charge >= 0.3 is 0 Å². The van der Waals surface area contributed by atoms with Crippen LogP contribution < -0.4 is 0 Å². The molecule has 15 heavy (non-hydrogen) atoms. The highest BCUT2D eigenvalue weighted by atomic mass is 35.5. The van der Waals surface area contributed by atoms with Crippen LogP contribution in [-0.4, -0.2) is 4.98 Å². The van der Waals surface area contributed by atoms with E-state index in [-0.39, 0.29) is 0 Å². The molecule has 1 aromatic carbocycles. The highest BCUT2D eigenvalue weighted by Crippen LogP contribution is 2.26. The molecule has 0 aliphatic heterocycles. The molecule has 78 valence electrons. The fraction of sp³-hybridized carbons (Fsp3) is 0.308. The smallest absolute Gasteiger partial charge is 0.0717 e. The first-order chi connectivity index (χ1) is 7.33. The molecule has 0 aliphatic rings. The summed E-state index contributed by atoms with van der Waals surface area (Å²) < 4.78 is 0. The quantitative estimate of drug-likeness (QED) is 0.753. The highest BCUT2D eigenvalue weighted by molar-refractivity contribution is 6.36. The van der Waals surface area contributed by atoms with Crippen molar-refractivity contribution in [2.75, 3.05) is 0 Å². The van der Waals surface area contributed by atoms with Crippen LogP contribution in [0.15, 0.2) is 30.5 Å². The molecular weight excluding hydrogens is 206 g/mol. The van der Waals surface area contributed by atoms with Gasteiger partial charge in [0.2, 0.25) is 0 Å². The summed E-state index contributed by atoms with van der Waals surface area (Å²) >= 11 is 6.34. The molecule has 0 unspecified atom stereocenters. The number of hydrogen-bond acceptors (Lipinski definition) is 1. The second-order valence-corrected chi connectivity index (χ2v) is 4.10. The molecule has 2 rings (SSSR count). The lowest BCUT2D eigenvalue weighted by atomic mass is 10.1. The predicted octanol–water partition coefficient (Wildman–Crippen LogP) is 4.23. The number of benzene rings is 1. The lowest BCUT2D eigenvalue weighted by Crippen LogP contribution is -1.90. The maximum absolute atomic E-state index is 6.34. The van der Waals surface area contributed by atoms with E-state index >= 15 is 0 Å². The van der Waals surface area contributed by atoms with E-state index in [4.69, 9.17) is 11.6 Å². The van der Waals surface area contributed by atoms with E-state index in [1.54, 1.807) is 0 Å². The molecule has 2 heteroatoms. The number of halogens is 1. The monoisotopic (exact) mass is 219 g/mol. The summed E-state index contributed by atoms with van der Waals surface area (Å²) in [5, 5.41) is 1.93. The van der Waals surface area contributed by atoms with Gasteiger partial charge in [0.25, 0.3) is 0 Å². The van der Waals surface area contributed by atoms with Crippen LogP contribution in [0.25, 0.3) is 10.9 Å². The van der Waals surface area contributed by atoms with Gasteiger partial charge in [0.05, 0.1) is 10.5 Å². The van der Waals surface area contributed by atoms with Crippen LogP contribution in [0.5, 0.6) is 0 Å². The summed E-state index contributed by atoms with van der Waals surface area (Å²) in [7, 11) is 0. The van der Waals surface area contributed by atoms with Crippen LogP contribution in [0.2, 0.25) is 5.02 Å². The van der Waals surface area contributed by atoms with Crippen LogP contribution in [-0.2, 0) is 6.42 Å². The first kappa shape index (κ1) is 10.4. The topological polar surface area (TPSA) is 12.9 Å². The van der Waals surface area contributed by atoms with Gasteiger partial charge in [-0.25, -0.2) is 0 Å². The molecule has 1 nitrogen and oxygen atoms in total. The number of para-hydroxylation sites is 1. The van der Waals surface area contributed by atoms with Gasteiger partial charge < -0.3 is 0 Å². The third kappa shape index (κ3) is 2.13. The SMILES string of the molecule is CCCCc1cnc2ccccc2c1Cl. The highest BCUT2D eigenvalue weighted by Gasteiger charge is 2.05. The minimum absolute atomic E-state index is 0.869. The minimum atomic E-state index is 0.869. The van der Waals surface area contributed by atoms with E-state index in [1.165, 1.54) is 12.8 Å². The van der Waals surface area contributed by atoms with Gasteiger partial charge in [-0.3, -0.25) is 4.98 Å². The van der Waals surface area contributed by atoms with Crippen molar-refractivity contribution in [1.82, 2.24) is 4.98 Å². The van der Waals surface area contributed by atoms with Crippen LogP contribution in [0.3, 0.4) is 0 Å². The molecule has 2 aromatic rings. The maximum Gasteiger partial charge on any atom is 0.0717 e. The number of nitrogens with zero attached hydrogens (tertiary/aromatic N) is 1. The number of fused-ring (bicyclic) bond motifs is 1. The molecular formula is C13H14ClN. The van der Waals surface area contributed by atoms with E-state index < -0.39 is 0 Å². The summed E-state index contributed by atoms with van der Waals surface area (Å²) in [5.41, 5.74) is 2.14. The Morgan fingerprint density at radius 3 is 2.87 bits per heavy atom. The molecule has 0 spiro atoms. The molecule has 0 bridgehead atoms. The molecule has 0 amide bonds. The fourth-order valence-electron chi connectivity index (χ4n) is 1.69. The lowest BCUT2D eigenvalue weighted by Gasteiger charge is -2.05.